The summed E-state index contributed by atoms with van der Waals surface area (Å²) in [7, 11) is 0. The Hall–Kier alpha value is -3.32. The molecule has 0 radical (unpaired) electrons. The zero-order valence-electron chi connectivity index (χ0n) is 16.4. The summed E-state index contributed by atoms with van der Waals surface area (Å²) < 4.78 is 11.0. The molecule has 2 atom stereocenters. The SMILES string of the molecule is Cc1ccc(NC(=O)O[C@@H](c2cccc(OCCO)c2)[C@H](C)/C=C/C(=O)O)cc1. The third kappa shape index (κ3) is 7.31. The molecule has 0 aromatic heterocycles. The van der Waals surface area contributed by atoms with Gasteiger partial charge < -0.3 is 19.7 Å². The number of aryl methyl sites for hydroxylation is 1. The number of ether oxygens (including phenoxy) is 2. The normalized spacial score (nSPS) is 12.9. The average Bonchev–Trinajstić information content (AvgIpc) is 2.70. The van der Waals surface area contributed by atoms with Gasteiger partial charge in [-0.25, -0.2) is 9.59 Å². The van der Waals surface area contributed by atoms with Crippen LogP contribution in [0.5, 0.6) is 5.75 Å². The van der Waals surface area contributed by atoms with Crippen LogP contribution in [-0.2, 0) is 9.53 Å². The van der Waals surface area contributed by atoms with E-state index < -0.39 is 24.1 Å². The van der Waals surface area contributed by atoms with Crippen LogP contribution in [0.2, 0.25) is 0 Å². The first-order valence-electron chi connectivity index (χ1n) is 9.18. The first-order chi connectivity index (χ1) is 13.9. The molecule has 0 aliphatic heterocycles. The summed E-state index contributed by atoms with van der Waals surface area (Å²) in [5, 5.41) is 20.5. The maximum atomic E-state index is 12.4. The van der Waals surface area contributed by atoms with E-state index in [1.807, 2.05) is 19.1 Å². The minimum atomic E-state index is -1.08. The number of rotatable bonds is 9. The Kier molecular flexibility index (Phi) is 8.24. The van der Waals surface area contributed by atoms with Gasteiger partial charge in [0.2, 0.25) is 0 Å². The quantitative estimate of drug-likeness (QED) is 0.552. The highest BCUT2D eigenvalue weighted by Gasteiger charge is 2.23. The number of carboxylic acid groups (broad SMARTS) is 1. The number of anilines is 1. The number of hydrogen-bond acceptors (Lipinski definition) is 5. The number of aliphatic carboxylic acids is 1. The minimum absolute atomic E-state index is 0.124. The zero-order chi connectivity index (χ0) is 21.2. The third-order valence-electron chi connectivity index (χ3n) is 4.10. The second-order valence-corrected chi connectivity index (χ2v) is 6.52. The highest BCUT2D eigenvalue weighted by Crippen LogP contribution is 2.30. The van der Waals surface area contributed by atoms with Crippen molar-refractivity contribution in [2.24, 2.45) is 5.92 Å². The molecule has 0 heterocycles. The predicted octanol–water partition coefficient (Wildman–Crippen LogP) is 3.93. The van der Waals surface area contributed by atoms with Crippen molar-refractivity contribution in [3.05, 3.63) is 71.8 Å². The Labute approximate surface area is 169 Å². The second kappa shape index (κ2) is 10.9. The van der Waals surface area contributed by atoms with E-state index in [2.05, 4.69) is 5.32 Å². The van der Waals surface area contributed by atoms with Crippen molar-refractivity contribution in [3.63, 3.8) is 0 Å². The predicted molar refractivity (Wildman–Crippen MR) is 109 cm³/mol. The van der Waals surface area contributed by atoms with Gasteiger partial charge in [-0.3, -0.25) is 5.32 Å². The molecule has 0 spiro atoms. The van der Waals surface area contributed by atoms with E-state index >= 15 is 0 Å². The molecule has 0 saturated carbocycles. The fourth-order valence-corrected chi connectivity index (χ4v) is 2.66. The molecule has 2 rings (SSSR count). The third-order valence-corrected chi connectivity index (χ3v) is 4.10. The molecular formula is C22H25NO6. The number of carbonyl (C=O) groups excluding carboxylic acids is 1. The second-order valence-electron chi connectivity index (χ2n) is 6.52. The van der Waals surface area contributed by atoms with Crippen LogP contribution < -0.4 is 10.1 Å². The summed E-state index contributed by atoms with van der Waals surface area (Å²) in [4.78, 5) is 23.3. The summed E-state index contributed by atoms with van der Waals surface area (Å²) in [6.07, 6.45) is 1.09. The zero-order valence-corrected chi connectivity index (χ0v) is 16.4. The molecule has 29 heavy (non-hydrogen) atoms. The van der Waals surface area contributed by atoms with Gasteiger partial charge in [-0.2, -0.15) is 0 Å². The molecule has 2 aromatic rings. The number of benzene rings is 2. The van der Waals surface area contributed by atoms with Crippen molar-refractivity contribution in [3.8, 4) is 5.75 Å². The average molecular weight is 399 g/mol. The molecule has 0 fully saturated rings. The molecule has 0 aliphatic rings. The van der Waals surface area contributed by atoms with Gasteiger partial charge in [0.15, 0.2) is 0 Å². The monoisotopic (exact) mass is 399 g/mol. The Bertz CT molecular complexity index is 847. The lowest BCUT2D eigenvalue weighted by atomic mass is 9.96. The van der Waals surface area contributed by atoms with Gasteiger partial charge in [0.05, 0.1) is 6.61 Å². The molecule has 7 nitrogen and oxygen atoms in total. The lowest BCUT2D eigenvalue weighted by Gasteiger charge is -2.23. The molecule has 154 valence electrons. The van der Waals surface area contributed by atoms with Crippen LogP contribution in [0.25, 0.3) is 0 Å². The number of aliphatic hydroxyl groups excluding tert-OH is 1. The molecule has 2 aromatic carbocycles. The minimum Gasteiger partial charge on any atom is -0.491 e. The fraction of sp³-hybridized carbons (Fsp3) is 0.273. The number of nitrogens with one attached hydrogen (secondary N) is 1. The maximum absolute atomic E-state index is 12.4. The van der Waals surface area contributed by atoms with Crippen molar-refractivity contribution in [1.82, 2.24) is 0 Å². The van der Waals surface area contributed by atoms with E-state index in [0.717, 1.165) is 11.6 Å². The van der Waals surface area contributed by atoms with Crippen LogP contribution in [0.3, 0.4) is 0 Å². The van der Waals surface area contributed by atoms with Crippen LogP contribution in [0.15, 0.2) is 60.7 Å². The van der Waals surface area contributed by atoms with E-state index in [0.29, 0.717) is 17.0 Å². The van der Waals surface area contributed by atoms with Crippen molar-refractivity contribution in [1.29, 1.82) is 0 Å². The van der Waals surface area contributed by atoms with E-state index in [9.17, 15) is 9.59 Å². The lowest BCUT2D eigenvalue weighted by Crippen LogP contribution is -2.21. The summed E-state index contributed by atoms with van der Waals surface area (Å²) in [6.45, 7) is 3.71. The van der Waals surface area contributed by atoms with Gasteiger partial charge in [0, 0.05) is 17.7 Å². The number of amides is 1. The fourth-order valence-electron chi connectivity index (χ4n) is 2.66. The van der Waals surface area contributed by atoms with Crippen molar-refractivity contribution in [2.45, 2.75) is 20.0 Å². The Morgan fingerprint density at radius 1 is 1.17 bits per heavy atom. The van der Waals surface area contributed by atoms with E-state index in [1.54, 1.807) is 43.3 Å². The summed E-state index contributed by atoms with van der Waals surface area (Å²) in [5.41, 5.74) is 2.30. The van der Waals surface area contributed by atoms with Gasteiger partial charge in [0.25, 0.3) is 0 Å². The van der Waals surface area contributed by atoms with Crippen LogP contribution in [0.4, 0.5) is 10.5 Å². The van der Waals surface area contributed by atoms with E-state index in [1.165, 1.54) is 6.08 Å². The molecule has 0 aliphatic carbocycles. The Morgan fingerprint density at radius 3 is 2.55 bits per heavy atom. The van der Waals surface area contributed by atoms with Crippen molar-refractivity contribution in [2.75, 3.05) is 18.5 Å². The number of aliphatic hydroxyl groups is 1. The molecule has 0 saturated heterocycles. The molecular weight excluding hydrogens is 374 g/mol. The largest absolute Gasteiger partial charge is 0.491 e. The molecule has 7 heteroatoms. The highest BCUT2D eigenvalue weighted by atomic mass is 16.6. The van der Waals surface area contributed by atoms with Gasteiger partial charge in [-0.15, -0.1) is 0 Å². The van der Waals surface area contributed by atoms with Crippen LogP contribution in [-0.4, -0.2) is 35.5 Å². The molecule has 0 bridgehead atoms. The topological polar surface area (TPSA) is 105 Å². The number of hydrogen-bond donors (Lipinski definition) is 3. The Balaban J connectivity index is 2.21. The van der Waals surface area contributed by atoms with Gasteiger partial charge >= 0.3 is 12.1 Å². The Morgan fingerprint density at radius 2 is 1.90 bits per heavy atom. The highest BCUT2D eigenvalue weighted by molar-refractivity contribution is 5.84. The summed E-state index contributed by atoms with van der Waals surface area (Å²) in [6, 6.07) is 14.2. The van der Waals surface area contributed by atoms with Gasteiger partial charge in [-0.05, 0) is 36.8 Å². The van der Waals surface area contributed by atoms with Crippen molar-refractivity contribution >= 4 is 17.7 Å². The van der Waals surface area contributed by atoms with Crippen molar-refractivity contribution < 1.29 is 29.3 Å². The van der Waals surface area contributed by atoms with Crippen LogP contribution >= 0.6 is 0 Å². The van der Waals surface area contributed by atoms with E-state index in [4.69, 9.17) is 19.7 Å². The van der Waals surface area contributed by atoms with Crippen LogP contribution in [0.1, 0.15) is 24.2 Å². The molecule has 3 N–H and O–H groups in total. The van der Waals surface area contributed by atoms with E-state index in [-0.39, 0.29) is 13.2 Å². The smallest absolute Gasteiger partial charge is 0.412 e. The first kappa shape index (κ1) is 22.0. The number of carbonyl (C=O) groups is 2. The van der Waals surface area contributed by atoms with Gasteiger partial charge in [-0.1, -0.05) is 42.8 Å². The standard InChI is InChI=1S/C22H25NO6/c1-15-6-9-18(10-7-15)23-22(27)29-21(16(2)8-11-20(25)26)17-4-3-5-19(14-17)28-13-12-24/h3-11,14,16,21,24H,12-13H2,1-2H3,(H,23,27)(H,25,26)/b11-8+/t16-,21-/m1/s1. The molecule has 0 unspecified atom stereocenters. The number of carboxylic acids is 1. The van der Waals surface area contributed by atoms with Gasteiger partial charge in [0.1, 0.15) is 18.5 Å². The maximum Gasteiger partial charge on any atom is 0.412 e. The first-order valence-corrected chi connectivity index (χ1v) is 9.18. The lowest BCUT2D eigenvalue weighted by molar-refractivity contribution is -0.131. The molecule has 1 amide bonds. The summed E-state index contributed by atoms with van der Waals surface area (Å²) >= 11 is 0. The summed E-state index contributed by atoms with van der Waals surface area (Å²) in [5.74, 6) is -0.985. The van der Waals surface area contributed by atoms with Crippen LogP contribution in [0, 0.1) is 12.8 Å².